The molecule has 3 N–H and O–H groups in total. The van der Waals surface area contributed by atoms with E-state index in [-0.39, 0.29) is 16.9 Å². The van der Waals surface area contributed by atoms with Crippen LogP contribution in [-0.2, 0) is 10.8 Å². The number of rotatable bonds is 1. The third-order valence-corrected chi connectivity index (χ3v) is 4.23. The number of piperazine rings is 1. The summed E-state index contributed by atoms with van der Waals surface area (Å²) >= 11 is 0. The second-order valence-electron chi connectivity index (χ2n) is 8.17. The van der Waals surface area contributed by atoms with Crippen LogP contribution in [0.2, 0.25) is 0 Å². The van der Waals surface area contributed by atoms with Crippen molar-refractivity contribution in [1.29, 1.82) is 0 Å². The van der Waals surface area contributed by atoms with Crippen molar-refractivity contribution in [2.75, 3.05) is 19.6 Å². The van der Waals surface area contributed by atoms with Gasteiger partial charge in [0.25, 0.3) is 0 Å². The number of nitrogens with one attached hydrogen (secondary N) is 2. The summed E-state index contributed by atoms with van der Waals surface area (Å²) in [5, 5.41) is 17.7. The van der Waals surface area contributed by atoms with Gasteiger partial charge in [-0.1, -0.05) is 47.6 Å². The largest absolute Gasteiger partial charge is 0.507 e. The molecule has 1 aliphatic heterocycles. The van der Waals surface area contributed by atoms with Crippen molar-refractivity contribution >= 4 is 0 Å². The first kappa shape index (κ1) is 16.3. The molecule has 0 saturated carbocycles. The van der Waals surface area contributed by atoms with Crippen molar-refractivity contribution in [2.24, 2.45) is 0 Å². The average Bonchev–Trinajstić information content (AvgIpc) is 2.37. The molecule has 21 heavy (non-hydrogen) atoms. The van der Waals surface area contributed by atoms with Crippen molar-refractivity contribution in [3.05, 3.63) is 28.8 Å². The molecule has 3 heteroatoms. The quantitative estimate of drug-likeness (QED) is 0.744. The molecule has 0 aliphatic carbocycles. The van der Waals surface area contributed by atoms with Gasteiger partial charge in [0.05, 0.1) is 0 Å². The smallest absolute Gasteiger partial charge is 0.124 e. The van der Waals surface area contributed by atoms with Gasteiger partial charge in [0.1, 0.15) is 5.75 Å². The Hall–Kier alpha value is -1.06. The van der Waals surface area contributed by atoms with Gasteiger partial charge in [0.2, 0.25) is 0 Å². The van der Waals surface area contributed by atoms with Crippen LogP contribution >= 0.6 is 0 Å². The van der Waals surface area contributed by atoms with Crippen molar-refractivity contribution in [3.63, 3.8) is 0 Å². The lowest BCUT2D eigenvalue weighted by atomic mass is 9.78. The van der Waals surface area contributed by atoms with Crippen molar-refractivity contribution in [3.8, 4) is 5.75 Å². The predicted molar refractivity (Wildman–Crippen MR) is 89.1 cm³/mol. The standard InChI is InChI=1S/C18H30N2O/c1-17(2,3)12-9-13(15-11-19-7-8-20-15)16(21)14(10-12)18(4,5)6/h9-10,15,19-21H,7-8,11H2,1-6H3/t15-/m1/s1. The van der Waals surface area contributed by atoms with E-state index in [0.717, 1.165) is 30.8 Å². The molecule has 1 aromatic carbocycles. The van der Waals surface area contributed by atoms with Gasteiger partial charge in [-0.2, -0.15) is 0 Å². The normalized spacial score (nSPS) is 20.6. The molecule has 0 radical (unpaired) electrons. The highest BCUT2D eigenvalue weighted by molar-refractivity contribution is 5.50. The first-order chi connectivity index (χ1) is 9.60. The Labute approximate surface area is 129 Å². The van der Waals surface area contributed by atoms with Gasteiger partial charge in [0, 0.05) is 31.2 Å². The Bertz CT molecular complexity index is 503. The summed E-state index contributed by atoms with van der Waals surface area (Å²) in [6.07, 6.45) is 0. The molecule has 1 fully saturated rings. The van der Waals surface area contributed by atoms with E-state index in [1.807, 2.05) is 0 Å². The van der Waals surface area contributed by atoms with E-state index in [1.54, 1.807) is 0 Å². The number of aromatic hydroxyl groups is 1. The second-order valence-corrected chi connectivity index (χ2v) is 8.17. The third kappa shape index (κ3) is 3.58. The van der Waals surface area contributed by atoms with Crippen molar-refractivity contribution < 1.29 is 5.11 Å². The molecule has 3 nitrogen and oxygen atoms in total. The first-order valence-corrected chi connectivity index (χ1v) is 7.92. The average molecular weight is 290 g/mol. The maximum Gasteiger partial charge on any atom is 0.124 e. The summed E-state index contributed by atoms with van der Waals surface area (Å²) in [6.45, 7) is 15.9. The molecular formula is C18H30N2O. The van der Waals surface area contributed by atoms with Crippen LogP contribution in [0.15, 0.2) is 12.1 Å². The van der Waals surface area contributed by atoms with Gasteiger partial charge in [0.15, 0.2) is 0 Å². The molecule has 1 aliphatic rings. The van der Waals surface area contributed by atoms with E-state index in [1.165, 1.54) is 5.56 Å². The molecule has 1 heterocycles. The zero-order chi connectivity index (χ0) is 15.8. The predicted octanol–water partition coefficient (Wildman–Crippen LogP) is 3.22. The molecule has 0 unspecified atom stereocenters. The van der Waals surface area contributed by atoms with Crippen LogP contribution in [0.5, 0.6) is 5.75 Å². The Morgan fingerprint density at radius 1 is 1.00 bits per heavy atom. The van der Waals surface area contributed by atoms with Gasteiger partial charge in [-0.05, 0) is 28.0 Å². The zero-order valence-corrected chi connectivity index (χ0v) is 14.3. The minimum Gasteiger partial charge on any atom is -0.507 e. The molecule has 0 amide bonds. The minimum atomic E-state index is -0.0673. The van der Waals surface area contributed by atoms with Gasteiger partial charge in [-0.25, -0.2) is 0 Å². The first-order valence-electron chi connectivity index (χ1n) is 7.92. The van der Waals surface area contributed by atoms with Crippen LogP contribution in [-0.4, -0.2) is 24.7 Å². The summed E-state index contributed by atoms with van der Waals surface area (Å²) in [6, 6.07) is 4.53. The second kappa shape index (κ2) is 5.62. The van der Waals surface area contributed by atoms with E-state index < -0.39 is 0 Å². The Balaban J connectivity index is 2.57. The molecule has 0 bridgehead atoms. The van der Waals surface area contributed by atoms with Crippen molar-refractivity contribution in [1.82, 2.24) is 10.6 Å². The lowest BCUT2D eigenvalue weighted by molar-refractivity contribution is 0.393. The van der Waals surface area contributed by atoms with Crippen LogP contribution in [0.3, 0.4) is 0 Å². The molecule has 1 saturated heterocycles. The highest BCUT2D eigenvalue weighted by Gasteiger charge is 2.28. The molecular weight excluding hydrogens is 260 g/mol. The van der Waals surface area contributed by atoms with Crippen molar-refractivity contribution in [2.45, 2.75) is 58.4 Å². The topological polar surface area (TPSA) is 44.3 Å². The summed E-state index contributed by atoms with van der Waals surface area (Å²) in [7, 11) is 0. The fourth-order valence-electron chi connectivity index (χ4n) is 2.80. The van der Waals surface area contributed by atoms with Crippen LogP contribution in [0.4, 0.5) is 0 Å². The maximum atomic E-state index is 10.8. The van der Waals surface area contributed by atoms with Gasteiger partial charge >= 0.3 is 0 Å². The minimum absolute atomic E-state index is 0.0673. The highest BCUT2D eigenvalue weighted by atomic mass is 16.3. The molecule has 1 aromatic rings. The number of phenols is 1. The molecule has 0 aromatic heterocycles. The Morgan fingerprint density at radius 2 is 1.67 bits per heavy atom. The van der Waals surface area contributed by atoms with Crippen LogP contribution in [0, 0.1) is 0 Å². The fraction of sp³-hybridized carbons (Fsp3) is 0.667. The lowest BCUT2D eigenvalue weighted by Crippen LogP contribution is -2.42. The monoisotopic (exact) mass is 290 g/mol. The van der Waals surface area contributed by atoms with Crippen LogP contribution in [0.25, 0.3) is 0 Å². The molecule has 2 rings (SSSR count). The number of benzene rings is 1. The SMILES string of the molecule is CC(C)(C)c1cc([C@H]2CNCCN2)c(O)c(C(C)(C)C)c1. The fourth-order valence-corrected chi connectivity index (χ4v) is 2.80. The van der Waals surface area contributed by atoms with E-state index in [4.69, 9.17) is 0 Å². The van der Waals surface area contributed by atoms with Gasteiger partial charge in [-0.15, -0.1) is 0 Å². The summed E-state index contributed by atoms with van der Waals surface area (Å²) in [5.74, 6) is 0.455. The van der Waals surface area contributed by atoms with Gasteiger partial charge < -0.3 is 15.7 Å². The molecule has 118 valence electrons. The highest BCUT2D eigenvalue weighted by Crippen LogP contribution is 2.39. The van der Waals surface area contributed by atoms with E-state index in [9.17, 15) is 5.11 Å². The summed E-state index contributed by atoms with van der Waals surface area (Å²) < 4.78 is 0. The van der Waals surface area contributed by atoms with Crippen LogP contribution in [0.1, 0.15) is 64.3 Å². The Morgan fingerprint density at radius 3 is 2.14 bits per heavy atom. The van der Waals surface area contributed by atoms with Crippen LogP contribution < -0.4 is 10.6 Å². The van der Waals surface area contributed by atoms with E-state index in [0.29, 0.717) is 5.75 Å². The number of phenolic OH excluding ortho intramolecular Hbond substituents is 1. The molecule has 0 spiro atoms. The summed E-state index contributed by atoms with van der Waals surface area (Å²) in [4.78, 5) is 0. The third-order valence-electron chi connectivity index (χ3n) is 4.23. The maximum absolute atomic E-state index is 10.8. The lowest BCUT2D eigenvalue weighted by Gasteiger charge is -2.31. The van der Waals surface area contributed by atoms with Gasteiger partial charge in [-0.3, -0.25) is 0 Å². The van der Waals surface area contributed by atoms with E-state index in [2.05, 4.69) is 64.3 Å². The summed E-state index contributed by atoms with van der Waals surface area (Å²) in [5.41, 5.74) is 3.36. The number of hydrogen-bond donors (Lipinski definition) is 3. The number of hydrogen-bond acceptors (Lipinski definition) is 3. The van der Waals surface area contributed by atoms with E-state index >= 15 is 0 Å². The zero-order valence-electron chi connectivity index (χ0n) is 14.3. The molecule has 1 atom stereocenters. The Kier molecular flexibility index (Phi) is 4.36.